The van der Waals surface area contributed by atoms with Gasteiger partial charge >= 0.3 is 0 Å². The third-order valence-corrected chi connectivity index (χ3v) is 1.40. The largest absolute Gasteiger partial charge is 0.352 e. The first-order valence-electron chi connectivity index (χ1n) is 3.63. The van der Waals surface area contributed by atoms with Gasteiger partial charge in [-0.2, -0.15) is 12.6 Å². The number of amides is 1. The third kappa shape index (κ3) is 5.98. The lowest BCUT2D eigenvalue weighted by Crippen LogP contribution is -2.29. The van der Waals surface area contributed by atoms with E-state index in [9.17, 15) is 4.79 Å². The highest BCUT2D eigenvalue weighted by atomic mass is 32.1. The Kier molecular flexibility index (Phi) is 5.03. The van der Waals surface area contributed by atoms with Crippen LogP contribution < -0.4 is 5.32 Å². The van der Waals surface area contributed by atoms with Gasteiger partial charge in [-0.25, -0.2) is 0 Å². The molecule has 1 atom stereocenters. The first-order valence-corrected chi connectivity index (χ1v) is 4.15. The Hall–Kier alpha value is -0.440. The van der Waals surface area contributed by atoms with Crippen LogP contribution >= 0.6 is 12.6 Å². The van der Waals surface area contributed by atoms with Crippen molar-refractivity contribution in [3.05, 3.63) is 11.6 Å². The van der Waals surface area contributed by atoms with Crippen molar-refractivity contribution in [1.82, 2.24) is 5.32 Å². The standard InChI is InChI=1S/C8H15NOS/c1-6(2)4-5-9-8(10)7(3)11/h4,7,11H,5H2,1-3H3,(H,9,10). The molecule has 0 heterocycles. The van der Waals surface area contributed by atoms with Gasteiger partial charge in [-0.15, -0.1) is 0 Å². The highest BCUT2D eigenvalue weighted by molar-refractivity contribution is 7.81. The van der Waals surface area contributed by atoms with E-state index in [2.05, 4.69) is 17.9 Å². The molecule has 0 aliphatic heterocycles. The van der Waals surface area contributed by atoms with Crippen LogP contribution in [-0.4, -0.2) is 17.7 Å². The lowest BCUT2D eigenvalue weighted by Gasteiger charge is -2.03. The van der Waals surface area contributed by atoms with Gasteiger partial charge in [0.25, 0.3) is 0 Å². The number of nitrogens with one attached hydrogen (secondary N) is 1. The minimum Gasteiger partial charge on any atom is -0.352 e. The van der Waals surface area contributed by atoms with Crippen molar-refractivity contribution < 1.29 is 4.79 Å². The van der Waals surface area contributed by atoms with E-state index in [0.717, 1.165) is 0 Å². The molecule has 0 spiro atoms. The van der Waals surface area contributed by atoms with Crippen molar-refractivity contribution in [1.29, 1.82) is 0 Å². The summed E-state index contributed by atoms with van der Waals surface area (Å²) in [4.78, 5) is 10.9. The second kappa shape index (κ2) is 5.24. The Balaban J connectivity index is 3.56. The average molecular weight is 173 g/mol. The van der Waals surface area contributed by atoms with Gasteiger partial charge in [0, 0.05) is 6.54 Å². The summed E-state index contributed by atoms with van der Waals surface area (Å²) in [6.45, 7) is 6.35. The lowest BCUT2D eigenvalue weighted by molar-refractivity contribution is -0.120. The highest BCUT2D eigenvalue weighted by Crippen LogP contribution is 1.91. The molecule has 0 aliphatic carbocycles. The molecule has 2 nitrogen and oxygen atoms in total. The lowest BCUT2D eigenvalue weighted by atomic mass is 10.3. The molecule has 0 radical (unpaired) electrons. The van der Waals surface area contributed by atoms with E-state index in [1.54, 1.807) is 6.92 Å². The molecule has 0 aromatic carbocycles. The summed E-state index contributed by atoms with van der Waals surface area (Å²) in [7, 11) is 0. The molecule has 0 fully saturated rings. The Bertz CT molecular complexity index is 159. The molecule has 1 unspecified atom stereocenters. The molecule has 0 aliphatic rings. The van der Waals surface area contributed by atoms with E-state index in [1.807, 2.05) is 19.9 Å². The molecular formula is C8H15NOS. The summed E-state index contributed by atoms with van der Waals surface area (Å²) in [5.41, 5.74) is 1.21. The smallest absolute Gasteiger partial charge is 0.232 e. The van der Waals surface area contributed by atoms with Crippen LogP contribution in [0.2, 0.25) is 0 Å². The van der Waals surface area contributed by atoms with Gasteiger partial charge in [0.2, 0.25) is 5.91 Å². The molecule has 11 heavy (non-hydrogen) atoms. The summed E-state index contributed by atoms with van der Waals surface area (Å²) in [6.07, 6.45) is 1.97. The molecule has 0 saturated carbocycles. The van der Waals surface area contributed by atoms with Crippen molar-refractivity contribution >= 4 is 18.5 Å². The number of hydrogen-bond acceptors (Lipinski definition) is 2. The van der Waals surface area contributed by atoms with Gasteiger partial charge in [0.1, 0.15) is 0 Å². The molecule has 3 heteroatoms. The number of carbonyl (C=O) groups is 1. The number of carbonyl (C=O) groups excluding carboxylic acids is 1. The molecule has 64 valence electrons. The molecule has 0 bridgehead atoms. The van der Waals surface area contributed by atoms with E-state index < -0.39 is 0 Å². The SMILES string of the molecule is CC(C)=CCNC(=O)C(C)S. The minimum atomic E-state index is -0.222. The van der Waals surface area contributed by atoms with Crippen LogP contribution in [-0.2, 0) is 4.79 Å². The highest BCUT2D eigenvalue weighted by Gasteiger charge is 2.04. The summed E-state index contributed by atoms with van der Waals surface area (Å²) >= 11 is 3.98. The Labute approximate surface area is 73.5 Å². The predicted octanol–water partition coefficient (Wildman–Crippen LogP) is 1.39. The first-order chi connectivity index (χ1) is 5.04. The molecule has 0 aromatic heterocycles. The maximum Gasteiger partial charge on any atom is 0.232 e. The minimum absolute atomic E-state index is 0.0224. The predicted molar refractivity (Wildman–Crippen MR) is 50.9 cm³/mol. The van der Waals surface area contributed by atoms with Crippen LogP contribution in [0.4, 0.5) is 0 Å². The summed E-state index contributed by atoms with van der Waals surface area (Å²) in [6, 6.07) is 0. The summed E-state index contributed by atoms with van der Waals surface area (Å²) in [5.74, 6) is -0.0224. The normalized spacial score (nSPS) is 12.0. The van der Waals surface area contributed by atoms with Crippen molar-refractivity contribution in [2.45, 2.75) is 26.0 Å². The van der Waals surface area contributed by atoms with E-state index in [1.165, 1.54) is 5.57 Å². The van der Waals surface area contributed by atoms with E-state index in [-0.39, 0.29) is 11.2 Å². The number of allylic oxidation sites excluding steroid dienone is 1. The van der Waals surface area contributed by atoms with Gasteiger partial charge in [-0.3, -0.25) is 4.79 Å². The monoisotopic (exact) mass is 173 g/mol. The van der Waals surface area contributed by atoms with Gasteiger partial charge in [0.15, 0.2) is 0 Å². The summed E-state index contributed by atoms with van der Waals surface area (Å²) in [5, 5.41) is 2.50. The number of thiol groups is 1. The fraction of sp³-hybridized carbons (Fsp3) is 0.625. The van der Waals surface area contributed by atoms with E-state index in [4.69, 9.17) is 0 Å². The maximum atomic E-state index is 10.9. The van der Waals surface area contributed by atoms with E-state index >= 15 is 0 Å². The Morgan fingerprint density at radius 3 is 2.55 bits per heavy atom. The Morgan fingerprint density at radius 1 is 1.64 bits per heavy atom. The number of hydrogen-bond donors (Lipinski definition) is 2. The van der Waals surface area contributed by atoms with Crippen molar-refractivity contribution in [3.63, 3.8) is 0 Å². The molecule has 1 amide bonds. The number of rotatable bonds is 3. The zero-order valence-corrected chi connectivity index (χ0v) is 8.11. The quantitative estimate of drug-likeness (QED) is 0.490. The summed E-state index contributed by atoms with van der Waals surface area (Å²) < 4.78 is 0. The van der Waals surface area contributed by atoms with E-state index in [0.29, 0.717) is 6.54 Å². The van der Waals surface area contributed by atoms with Crippen LogP contribution in [0.5, 0.6) is 0 Å². The second-order valence-electron chi connectivity index (χ2n) is 2.70. The molecule has 0 rings (SSSR count). The fourth-order valence-electron chi connectivity index (χ4n) is 0.503. The second-order valence-corrected chi connectivity index (χ2v) is 3.48. The van der Waals surface area contributed by atoms with Crippen molar-refractivity contribution in [3.8, 4) is 0 Å². The van der Waals surface area contributed by atoms with Gasteiger partial charge in [-0.05, 0) is 20.8 Å². The maximum absolute atomic E-state index is 10.9. The van der Waals surface area contributed by atoms with Crippen molar-refractivity contribution in [2.75, 3.05) is 6.54 Å². The van der Waals surface area contributed by atoms with Crippen LogP contribution in [0.3, 0.4) is 0 Å². The first kappa shape index (κ1) is 10.6. The zero-order valence-electron chi connectivity index (χ0n) is 7.22. The molecule has 0 saturated heterocycles. The third-order valence-electron chi connectivity index (χ3n) is 1.17. The topological polar surface area (TPSA) is 29.1 Å². The average Bonchev–Trinajstić information content (AvgIpc) is 1.86. The van der Waals surface area contributed by atoms with Gasteiger partial charge in [-0.1, -0.05) is 11.6 Å². The van der Waals surface area contributed by atoms with Crippen LogP contribution in [0.15, 0.2) is 11.6 Å². The zero-order chi connectivity index (χ0) is 8.85. The van der Waals surface area contributed by atoms with Gasteiger partial charge in [0.05, 0.1) is 5.25 Å². The Morgan fingerprint density at radius 2 is 2.18 bits per heavy atom. The van der Waals surface area contributed by atoms with Gasteiger partial charge < -0.3 is 5.32 Å². The molecular weight excluding hydrogens is 158 g/mol. The molecule has 1 N–H and O–H groups in total. The molecule has 0 aromatic rings. The van der Waals surface area contributed by atoms with Crippen LogP contribution in [0.1, 0.15) is 20.8 Å². The van der Waals surface area contributed by atoms with Crippen LogP contribution in [0.25, 0.3) is 0 Å². The van der Waals surface area contributed by atoms with Crippen molar-refractivity contribution in [2.24, 2.45) is 0 Å². The van der Waals surface area contributed by atoms with Crippen LogP contribution in [0, 0.1) is 0 Å². The fourth-order valence-corrected chi connectivity index (χ4v) is 0.595.